The highest BCUT2D eigenvalue weighted by Gasteiger charge is 2.41. The van der Waals surface area contributed by atoms with E-state index in [-0.39, 0.29) is 5.82 Å². The number of anilines is 1. The van der Waals surface area contributed by atoms with E-state index >= 15 is 0 Å². The lowest BCUT2D eigenvalue weighted by atomic mass is 9.96. The lowest BCUT2D eigenvalue weighted by molar-refractivity contribution is 0.359. The van der Waals surface area contributed by atoms with Crippen molar-refractivity contribution in [2.45, 2.75) is 50.7 Å². The standard InChI is InChI=1S/C15H20BrFN2/c1-2-18-11-8-12-4-5-13(9-11)19(12)15-6-3-10(16)7-14(15)17/h3,6-7,11-13,18H,2,4-5,8-9H2,1H3. The molecule has 2 fully saturated rings. The van der Waals surface area contributed by atoms with Crippen LogP contribution >= 0.6 is 15.9 Å². The van der Waals surface area contributed by atoms with E-state index in [9.17, 15) is 4.39 Å². The van der Waals surface area contributed by atoms with E-state index in [4.69, 9.17) is 0 Å². The molecule has 2 heterocycles. The summed E-state index contributed by atoms with van der Waals surface area (Å²) in [6, 6.07) is 7.03. The zero-order valence-electron chi connectivity index (χ0n) is 11.2. The Kier molecular flexibility index (Phi) is 3.81. The van der Waals surface area contributed by atoms with Crippen molar-refractivity contribution >= 4 is 21.6 Å². The normalized spacial score (nSPS) is 29.8. The lowest BCUT2D eigenvalue weighted by Crippen LogP contribution is -2.49. The fourth-order valence-corrected chi connectivity index (χ4v) is 4.05. The summed E-state index contributed by atoms with van der Waals surface area (Å²) in [5.74, 6) is -0.104. The van der Waals surface area contributed by atoms with Crippen LogP contribution in [-0.4, -0.2) is 24.7 Å². The van der Waals surface area contributed by atoms with Gasteiger partial charge in [0.05, 0.1) is 5.69 Å². The summed E-state index contributed by atoms with van der Waals surface area (Å²) in [7, 11) is 0. The van der Waals surface area contributed by atoms with E-state index < -0.39 is 0 Å². The molecule has 2 aliphatic rings. The number of fused-ring (bicyclic) bond motifs is 2. The zero-order chi connectivity index (χ0) is 13.4. The Labute approximate surface area is 122 Å². The summed E-state index contributed by atoms with van der Waals surface area (Å²) in [5.41, 5.74) is 0.783. The third-order valence-corrected chi connectivity index (χ3v) is 4.91. The van der Waals surface area contributed by atoms with Crippen molar-refractivity contribution in [3.63, 3.8) is 0 Å². The second kappa shape index (κ2) is 5.41. The van der Waals surface area contributed by atoms with Crippen molar-refractivity contribution in [2.24, 2.45) is 0 Å². The maximum absolute atomic E-state index is 14.2. The third-order valence-electron chi connectivity index (χ3n) is 4.41. The van der Waals surface area contributed by atoms with Gasteiger partial charge in [0.15, 0.2) is 0 Å². The Bertz CT molecular complexity index is 451. The van der Waals surface area contributed by atoms with Gasteiger partial charge < -0.3 is 10.2 Å². The van der Waals surface area contributed by atoms with Crippen LogP contribution in [0.1, 0.15) is 32.6 Å². The van der Waals surface area contributed by atoms with Crippen molar-refractivity contribution in [3.8, 4) is 0 Å². The SMILES string of the molecule is CCNC1CC2CCC(C1)N2c1ccc(Br)cc1F. The molecule has 4 heteroatoms. The summed E-state index contributed by atoms with van der Waals surface area (Å²) >= 11 is 3.33. The van der Waals surface area contributed by atoms with Crippen molar-refractivity contribution < 1.29 is 4.39 Å². The van der Waals surface area contributed by atoms with E-state index in [1.165, 1.54) is 12.8 Å². The van der Waals surface area contributed by atoms with E-state index in [2.05, 4.69) is 33.1 Å². The van der Waals surface area contributed by atoms with Crippen LogP contribution in [0.5, 0.6) is 0 Å². The summed E-state index contributed by atoms with van der Waals surface area (Å²) in [6.45, 7) is 3.18. The molecule has 0 saturated carbocycles. The van der Waals surface area contributed by atoms with Gasteiger partial charge in [0, 0.05) is 22.6 Å². The summed E-state index contributed by atoms with van der Waals surface area (Å²) in [6.07, 6.45) is 4.67. The fraction of sp³-hybridized carbons (Fsp3) is 0.600. The molecule has 104 valence electrons. The second-order valence-corrected chi connectivity index (χ2v) is 6.53. The maximum Gasteiger partial charge on any atom is 0.147 e. The average molecular weight is 327 g/mol. The van der Waals surface area contributed by atoms with Gasteiger partial charge in [0.2, 0.25) is 0 Å². The largest absolute Gasteiger partial charge is 0.363 e. The molecule has 2 nitrogen and oxygen atoms in total. The van der Waals surface area contributed by atoms with Gasteiger partial charge in [-0.3, -0.25) is 0 Å². The molecule has 0 radical (unpaired) electrons. The van der Waals surface area contributed by atoms with Crippen LogP contribution in [0, 0.1) is 5.82 Å². The van der Waals surface area contributed by atoms with Gasteiger partial charge in [-0.1, -0.05) is 22.9 Å². The van der Waals surface area contributed by atoms with E-state index in [1.807, 2.05) is 12.1 Å². The molecule has 1 N–H and O–H groups in total. The minimum Gasteiger partial charge on any atom is -0.363 e. The first-order valence-electron chi connectivity index (χ1n) is 7.15. The van der Waals surface area contributed by atoms with Gasteiger partial charge in [0.25, 0.3) is 0 Å². The van der Waals surface area contributed by atoms with Crippen LogP contribution in [0.3, 0.4) is 0 Å². The van der Waals surface area contributed by atoms with Crippen molar-refractivity contribution in [1.29, 1.82) is 0 Å². The molecule has 2 aliphatic heterocycles. The van der Waals surface area contributed by atoms with Gasteiger partial charge >= 0.3 is 0 Å². The molecule has 0 amide bonds. The molecule has 19 heavy (non-hydrogen) atoms. The third kappa shape index (κ3) is 2.52. The average Bonchev–Trinajstić information content (AvgIpc) is 2.63. The Morgan fingerprint density at radius 2 is 2.00 bits per heavy atom. The number of nitrogens with zero attached hydrogens (tertiary/aromatic N) is 1. The van der Waals surface area contributed by atoms with Gasteiger partial charge in [-0.05, 0) is 50.4 Å². The van der Waals surface area contributed by atoms with Crippen molar-refractivity contribution in [3.05, 3.63) is 28.5 Å². The molecular weight excluding hydrogens is 307 g/mol. The number of hydrogen-bond donors (Lipinski definition) is 1. The van der Waals surface area contributed by atoms with Gasteiger partial charge in [-0.15, -0.1) is 0 Å². The molecule has 1 aromatic carbocycles. The second-order valence-electron chi connectivity index (χ2n) is 5.61. The predicted molar refractivity (Wildman–Crippen MR) is 80.1 cm³/mol. The molecule has 0 aromatic heterocycles. The predicted octanol–water partition coefficient (Wildman–Crippen LogP) is 3.70. The van der Waals surface area contributed by atoms with Crippen LogP contribution in [-0.2, 0) is 0 Å². The molecular formula is C15H20BrFN2. The van der Waals surface area contributed by atoms with E-state index in [1.54, 1.807) is 6.07 Å². The Morgan fingerprint density at radius 3 is 2.58 bits per heavy atom. The van der Waals surface area contributed by atoms with E-state index in [0.717, 1.165) is 29.5 Å². The van der Waals surface area contributed by atoms with Crippen LogP contribution in [0.15, 0.2) is 22.7 Å². The topological polar surface area (TPSA) is 15.3 Å². The number of rotatable bonds is 3. The Morgan fingerprint density at radius 1 is 1.32 bits per heavy atom. The van der Waals surface area contributed by atoms with Crippen molar-refractivity contribution in [2.75, 3.05) is 11.4 Å². The first-order chi connectivity index (χ1) is 9.19. The quantitative estimate of drug-likeness (QED) is 0.911. The number of halogens is 2. The highest BCUT2D eigenvalue weighted by Crippen LogP contribution is 2.40. The number of piperidine rings is 1. The fourth-order valence-electron chi connectivity index (χ4n) is 3.72. The lowest BCUT2D eigenvalue weighted by Gasteiger charge is -2.41. The van der Waals surface area contributed by atoms with Crippen LogP contribution in [0.25, 0.3) is 0 Å². The Balaban J connectivity index is 1.83. The number of benzene rings is 1. The summed E-state index contributed by atoms with van der Waals surface area (Å²) in [5, 5.41) is 3.55. The highest BCUT2D eigenvalue weighted by molar-refractivity contribution is 9.10. The molecule has 2 atom stereocenters. The molecule has 1 aromatic rings. The number of nitrogens with one attached hydrogen (secondary N) is 1. The molecule has 3 rings (SSSR count). The molecule has 2 bridgehead atoms. The summed E-state index contributed by atoms with van der Waals surface area (Å²) in [4.78, 5) is 2.33. The van der Waals surface area contributed by atoms with Gasteiger partial charge in [-0.25, -0.2) is 4.39 Å². The molecule has 0 aliphatic carbocycles. The number of hydrogen-bond acceptors (Lipinski definition) is 2. The van der Waals surface area contributed by atoms with Crippen LogP contribution in [0.4, 0.5) is 10.1 Å². The zero-order valence-corrected chi connectivity index (χ0v) is 12.8. The van der Waals surface area contributed by atoms with Gasteiger partial charge in [0.1, 0.15) is 5.82 Å². The minimum atomic E-state index is -0.104. The van der Waals surface area contributed by atoms with Crippen LogP contribution in [0.2, 0.25) is 0 Å². The first-order valence-corrected chi connectivity index (χ1v) is 7.95. The van der Waals surface area contributed by atoms with Crippen LogP contribution < -0.4 is 10.2 Å². The molecule has 2 unspecified atom stereocenters. The first kappa shape index (κ1) is 13.4. The van der Waals surface area contributed by atoms with Gasteiger partial charge in [-0.2, -0.15) is 0 Å². The smallest absolute Gasteiger partial charge is 0.147 e. The minimum absolute atomic E-state index is 0.104. The van der Waals surface area contributed by atoms with E-state index in [0.29, 0.717) is 18.1 Å². The van der Waals surface area contributed by atoms with Crippen molar-refractivity contribution in [1.82, 2.24) is 5.32 Å². The maximum atomic E-state index is 14.2. The highest BCUT2D eigenvalue weighted by atomic mass is 79.9. The Hall–Kier alpha value is -0.610. The molecule has 2 saturated heterocycles. The monoisotopic (exact) mass is 326 g/mol. The molecule has 0 spiro atoms. The summed E-state index contributed by atoms with van der Waals surface area (Å²) < 4.78 is 15.0.